The zero-order chi connectivity index (χ0) is 12.8. The van der Waals surface area contributed by atoms with Crippen LogP contribution in [0.2, 0.25) is 0 Å². The number of nitrogens with zero attached hydrogens (tertiary/aromatic N) is 1. The molecule has 17 heavy (non-hydrogen) atoms. The topological polar surface area (TPSA) is 84.6 Å². The van der Waals surface area contributed by atoms with Gasteiger partial charge in [0, 0.05) is 6.54 Å². The van der Waals surface area contributed by atoms with Crippen molar-refractivity contribution in [3.63, 3.8) is 0 Å². The first-order valence-electron chi connectivity index (χ1n) is 5.59. The van der Waals surface area contributed by atoms with Crippen molar-refractivity contribution in [3.8, 4) is 0 Å². The first-order chi connectivity index (χ1) is 8.04. The van der Waals surface area contributed by atoms with Crippen molar-refractivity contribution in [3.05, 3.63) is 12.0 Å². The van der Waals surface area contributed by atoms with Crippen LogP contribution in [0.15, 0.2) is 10.7 Å². The molecule has 2 N–H and O–H groups in total. The van der Waals surface area contributed by atoms with E-state index in [0.717, 1.165) is 0 Å². The van der Waals surface area contributed by atoms with Gasteiger partial charge in [0.15, 0.2) is 5.69 Å². The smallest absolute Gasteiger partial charge is 0.360 e. The van der Waals surface area contributed by atoms with Crippen LogP contribution in [-0.4, -0.2) is 35.3 Å². The van der Waals surface area contributed by atoms with E-state index in [0.29, 0.717) is 13.2 Å². The van der Waals surface area contributed by atoms with Gasteiger partial charge in [-0.2, -0.15) is 4.98 Å². The van der Waals surface area contributed by atoms with Crippen molar-refractivity contribution in [2.24, 2.45) is 5.92 Å². The zero-order valence-corrected chi connectivity index (χ0v) is 10.3. The molecular formula is C11H18N2O4. The molecule has 0 saturated carbocycles. The zero-order valence-electron chi connectivity index (χ0n) is 10.3. The van der Waals surface area contributed by atoms with Gasteiger partial charge in [0.2, 0.25) is 0 Å². The highest BCUT2D eigenvalue weighted by Gasteiger charge is 2.14. The lowest BCUT2D eigenvalue weighted by Gasteiger charge is -2.13. The maximum Gasteiger partial charge on any atom is 0.360 e. The molecular weight excluding hydrogens is 224 g/mol. The number of oxazole rings is 1. The van der Waals surface area contributed by atoms with Gasteiger partial charge in [-0.05, 0) is 12.8 Å². The first-order valence-corrected chi connectivity index (χ1v) is 5.59. The number of hydrogen-bond acceptors (Lipinski definition) is 6. The predicted molar refractivity (Wildman–Crippen MR) is 61.8 cm³/mol. The van der Waals surface area contributed by atoms with E-state index < -0.39 is 12.1 Å². The van der Waals surface area contributed by atoms with Gasteiger partial charge in [0.25, 0.3) is 6.01 Å². The first kappa shape index (κ1) is 13.5. The Morgan fingerprint density at radius 2 is 2.35 bits per heavy atom. The molecule has 0 bridgehead atoms. The van der Waals surface area contributed by atoms with E-state index in [1.807, 2.05) is 13.8 Å². The number of aromatic nitrogens is 1. The molecule has 0 saturated heterocycles. The summed E-state index contributed by atoms with van der Waals surface area (Å²) < 4.78 is 9.79. The van der Waals surface area contributed by atoms with Gasteiger partial charge in [-0.3, -0.25) is 0 Å². The van der Waals surface area contributed by atoms with E-state index in [1.165, 1.54) is 6.26 Å². The third-order valence-electron chi connectivity index (χ3n) is 2.22. The van der Waals surface area contributed by atoms with Crippen molar-refractivity contribution < 1.29 is 19.1 Å². The Balaban J connectivity index is 2.48. The number of rotatable bonds is 6. The second-order valence-electron chi connectivity index (χ2n) is 3.95. The quantitative estimate of drug-likeness (QED) is 0.731. The van der Waals surface area contributed by atoms with Crippen molar-refractivity contribution in [1.29, 1.82) is 0 Å². The number of hydrogen-bond donors (Lipinski definition) is 2. The number of ether oxygens (including phenoxy) is 1. The fraction of sp³-hybridized carbons (Fsp3) is 0.636. The average molecular weight is 242 g/mol. The molecule has 1 rings (SSSR count). The molecule has 0 radical (unpaired) electrons. The molecule has 0 aliphatic heterocycles. The van der Waals surface area contributed by atoms with Gasteiger partial charge >= 0.3 is 5.97 Å². The molecule has 1 aromatic heterocycles. The van der Waals surface area contributed by atoms with E-state index in [-0.39, 0.29) is 17.6 Å². The van der Waals surface area contributed by atoms with Gasteiger partial charge < -0.3 is 19.6 Å². The van der Waals surface area contributed by atoms with Gasteiger partial charge in [0.05, 0.1) is 12.7 Å². The number of carbonyl (C=O) groups is 1. The lowest BCUT2D eigenvalue weighted by Crippen LogP contribution is -2.24. The normalized spacial score (nSPS) is 12.5. The summed E-state index contributed by atoms with van der Waals surface area (Å²) in [6.07, 6.45) is 0.732. The summed E-state index contributed by atoms with van der Waals surface area (Å²) >= 11 is 0. The van der Waals surface area contributed by atoms with Gasteiger partial charge in [-0.25, -0.2) is 4.79 Å². The largest absolute Gasteiger partial charge is 0.461 e. The molecule has 6 nitrogen and oxygen atoms in total. The summed E-state index contributed by atoms with van der Waals surface area (Å²) in [6.45, 7) is 6.15. The number of aliphatic hydroxyl groups is 1. The maximum absolute atomic E-state index is 11.3. The van der Waals surface area contributed by atoms with Crippen LogP contribution < -0.4 is 5.32 Å². The molecule has 1 unspecified atom stereocenters. The Kier molecular flexibility index (Phi) is 4.96. The Bertz CT molecular complexity index is 362. The number of carbonyl (C=O) groups excluding carboxylic acids is 1. The predicted octanol–water partition coefficient (Wildman–Crippen LogP) is 1.28. The molecule has 96 valence electrons. The van der Waals surface area contributed by atoms with Crippen LogP contribution in [0.1, 0.15) is 31.3 Å². The van der Waals surface area contributed by atoms with E-state index in [2.05, 4.69) is 10.3 Å². The van der Waals surface area contributed by atoms with Gasteiger partial charge in [-0.1, -0.05) is 13.8 Å². The second kappa shape index (κ2) is 6.24. The Morgan fingerprint density at radius 3 is 2.94 bits per heavy atom. The van der Waals surface area contributed by atoms with Crippen molar-refractivity contribution in [2.45, 2.75) is 26.9 Å². The average Bonchev–Trinajstić information content (AvgIpc) is 2.74. The highest BCUT2D eigenvalue weighted by Crippen LogP contribution is 2.09. The number of nitrogens with one attached hydrogen (secondary N) is 1. The van der Waals surface area contributed by atoms with Crippen molar-refractivity contribution >= 4 is 12.0 Å². The molecule has 6 heteroatoms. The molecule has 0 amide bonds. The Hall–Kier alpha value is -1.56. The Labute approximate surface area is 100.0 Å². The summed E-state index contributed by atoms with van der Waals surface area (Å²) in [7, 11) is 0. The van der Waals surface area contributed by atoms with Crippen LogP contribution in [0, 0.1) is 5.92 Å². The lowest BCUT2D eigenvalue weighted by molar-refractivity contribution is 0.0519. The molecule has 0 aromatic carbocycles. The minimum Gasteiger partial charge on any atom is -0.461 e. The van der Waals surface area contributed by atoms with E-state index in [9.17, 15) is 9.90 Å². The van der Waals surface area contributed by atoms with Crippen LogP contribution in [0.5, 0.6) is 0 Å². The highest BCUT2D eigenvalue weighted by molar-refractivity contribution is 5.87. The van der Waals surface area contributed by atoms with Crippen LogP contribution in [0.3, 0.4) is 0 Å². The summed E-state index contributed by atoms with van der Waals surface area (Å²) in [6, 6.07) is 0.202. The maximum atomic E-state index is 11.3. The Morgan fingerprint density at radius 1 is 1.65 bits per heavy atom. The molecule has 1 aromatic rings. The van der Waals surface area contributed by atoms with E-state index in [1.54, 1.807) is 6.92 Å². The van der Waals surface area contributed by atoms with Crippen molar-refractivity contribution in [2.75, 3.05) is 18.5 Å². The molecule has 0 fully saturated rings. The van der Waals surface area contributed by atoms with Crippen molar-refractivity contribution in [1.82, 2.24) is 4.98 Å². The minimum atomic E-state index is -0.520. The lowest BCUT2D eigenvalue weighted by atomic mass is 10.1. The molecule has 1 atom stereocenters. The molecule has 1 heterocycles. The summed E-state index contributed by atoms with van der Waals surface area (Å²) in [5, 5.41) is 12.4. The van der Waals surface area contributed by atoms with Crippen LogP contribution in [0.4, 0.5) is 6.01 Å². The second-order valence-corrected chi connectivity index (χ2v) is 3.95. The van der Waals surface area contributed by atoms with Crippen LogP contribution >= 0.6 is 0 Å². The summed E-state index contributed by atoms with van der Waals surface area (Å²) in [5.74, 6) is -0.379. The fourth-order valence-electron chi connectivity index (χ4n) is 1.08. The standard InChI is InChI=1S/C11H18N2O4/c1-4-16-10(15)8-6-17-11(13-8)12-5-9(14)7(2)3/h6-7,9,14H,4-5H2,1-3H3,(H,12,13). The van der Waals surface area contributed by atoms with Gasteiger partial charge in [0.1, 0.15) is 6.26 Å². The van der Waals surface area contributed by atoms with E-state index >= 15 is 0 Å². The van der Waals surface area contributed by atoms with E-state index in [4.69, 9.17) is 9.15 Å². The molecule has 0 aliphatic rings. The number of esters is 1. The third-order valence-corrected chi connectivity index (χ3v) is 2.22. The van der Waals surface area contributed by atoms with Crippen LogP contribution in [0.25, 0.3) is 0 Å². The minimum absolute atomic E-state index is 0.119. The fourth-order valence-corrected chi connectivity index (χ4v) is 1.08. The number of aliphatic hydroxyl groups excluding tert-OH is 1. The monoisotopic (exact) mass is 242 g/mol. The number of anilines is 1. The highest BCUT2D eigenvalue weighted by atomic mass is 16.5. The SMILES string of the molecule is CCOC(=O)c1coc(NCC(O)C(C)C)n1. The summed E-state index contributed by atoms with van der Waals surface area (Å²) in [4.78, 5) is 15.2. The molecule has 0 aliphatic carbocycles. The third kappa shape index (κ3) is 4.07. The van der Waals surface area contributed by atoms with Crippen LogP contribution in [-0.2, 0) is 4.74 Å². The van der Waals surface area contributed by atoms with Gasteiger partial charge in [-0.15, -0.1) is 0 Å². The molecule has 0 spiro atoms. The summed E-state index contributed by atoms with van der Waals surface area (Å²) in [5.41, 5.74) is 0.119.